The van der Waals surface area contributed by atoms with Gasteiger partial charge in [-0.2, -0.15) is 0 Å². The Kier molecular flexibility index (Phi) is 7.52. The molecule has 0 bridgehead atoms. The first kappa shape index (κ1) is 22.9. The third-order valence-electron chi connectivity index (χ3n) is 4.57. The van der Waals surface area contributed by atoms with E-state index in [1.165, 1.54) is 16.7 Å². The van der Waals surface area contributed by atoms with E-state index in [4.69, 9.17) is 11.2 Å². The molecule has 164 valence electrons. The van der Waals surface area contributed by atoms with Crippen LogP contribution in [0.15, 0.2) is 53.7 Å². The van der Waals surface area contributed by atoms with Crippen LogP contribution in [0.4, 0.5) is 5.69 Å². The molecule has 0 aliphatic heterocycles. The quantitative estimate of drug-likeness (QED) is 0.420. The summed E-state index contributed by atoms with van der Waals surface area (Å²) in [6, 6.07) is 14.5. The number of likely N-dealkylation sites (N-methyl/N-ethyl adjacent to an activating group) is 1. The van der Waals surface area contributed by atoms with E-state index < -0.39 is 0 Å². The molecule has 32 heavy (non-hydrogen) atoms. The lowest BCUT2D eigenvalue weighted by atomic mass is 10.2. The molecule has 1 N–H and O–H groups in total. The third kappa shape index (κ3) is 5.68. The van der Waals surface area contributed by atoms with Gasteiger partial charge in [-0.1, -0.05) is 23.7 Å². The number of aryl methyl sites for hydroxylation is 1. The fourth-order valence-corrected chi connectivity index (χ4v) is 3.83. The Labute approximate surface area is 191 Å². The maximum atomic E-state index is 12.6. The second kappa shape index (κ2) is 10.5. The van der Waals surface area contributed by atoms with Crippen LogP contribution < -0.4 is 10.1 Å². The highest BCUT2D eigenvalue weighted by Gasteiger charge is 2.17. The van der Waals surface area contributed by atoms with Crippen LogP contribution in [0.2, 0.25) is 0 Å². The van der Waals surface area contributed by atoms with Gasteiger partial charge in [-0.05, 0) is 49.4 Å². The molecule has 0 unspecified atom stereocenters. The van der Waals surface area contributed by atoms with Gasteiger partial charge in [0.25, 0.3) is 0 Å². The summed E-state index contributed by atoms with van der Waals surface area (Å²) in [4.78, 5) is 26.2. The lowest BCUT2D eigenvalue weighted by molar-refractivity contribution is -0.131. The zero-order valence-corrected chi connectivity index (χ0v) is 18.8. The highest BCUT2D eigenvalue weighted by molar-refractivity contribution is 7.99. The fourth-order valence-electron chi connectivity index (χ4n) is 2.89. The van der Waals surface area contributed by atoms with Crippen LogP contribution in [0.3, 0.4) is 0 Å². The number of benzene rings is 2. The number of hydrogen-bond acceptors (Lipinski definition) is 6. The van der Waals surface area contributed by atoms with Crippen molar-refractivity contribution in [2.75, 3.05) is 31.8 Å². The highest BCUT2D eigenvalue weighted by atomic mass is 32.2. The molecule has 8 nitrogen and oxygen atoms in total. The van der Waals surface area contributed by atoms with Crippen molar-refractivity contribution < 1.29 is 14.3 Å². The molecule has 0 saturated heterocycles. The summed E-state index contributed by atoms with van der Waals surface area (Å²) in [5, 5.41) is 11.6. The number of ether oxygens (including phenoxy) is 1. The molecule has 0 atom stereocenters. The van der Waals surface area contributed by atoms with E-state index in [-0.39, 0.29) is 24.1 Å². The van der Waals surface area contributed by atoms with Crippen molar-refractivity contribution in [2.45, 2.75) is 12.1 Å². The number of amides is 2. The number of anilines is 1. The zero-order chi connectivity index (χ0) is 23.1. The van der Waals surface area contributed by atoms with E-state index in [0.717, 1.165) is 11.4 Å². The minimum Gasteiger partial charge on any atom is -0.497 e. The molecule has 0 saturated carbocycles. The number of carbonyl (C=O) groups excluding carboxylic acids is 2. The average Bonchev–Trinajstić information content (AvgIpc) is 3.17. The van der Waals surface area contributed by atoms with Crippen LogP contribution in [0, 0.1) is 19.3 Å². The Bertz CT molecular complexity index is 1150. The summed E-state index contributed by atoms with van der Waals surface area (Å²) >= 11 is 1.26. The Morgan fingerprint density at radius 3 is 2.66 bits per heavy atom. The Morgan fingerprint density at radius 1 is 1.22 bits per heavy atom. The van der Waals surface area contributed by atoms with Gasteiger partial charge in [0.05, 0.1) is 19.4 Å². The molecule has 2 amide bonds. The van der Waals surface area contributed by atoms with Crippen molar-refractivity contribution in [1.29, 1.82) is 0 Å². The Morgan fingerprint density at radius 2 is 1.97 bits per heavy atom. The number of terminal acetylenes is 1. The predicted molar refractivity (Wildman–Crippen MR) is 124 cm³/mol. The lowest BCUT2D eigenvalue weighted by Crippen LogP contribution is -2.36. The molecule has 0 radical (unpaired) electrons. The van der Waals surface area contributed by atoms with Crippen molar-refractivity contribution >= 4 is 29.3 Å². The predicted octanol–water partition coefficient (Wildman–Crippen LogP) is 2.75. The van der Waals surface area contributed by atoms with E-state index in [2.05, 4.69) is 21.4 Å². The van der Waals surface area contributed by atoms with Crippen LogP contribution in [-0.4, -0.2) is 57.9 Å². The van der Waals surface area contributed by atoms with Gasteiger partial charge in [-0.3, -0.25) is 14.2 Å². The van der Waals surface area contributed by atoms with Crippen LogP contribution in [0.25, 0.3) is 5.69 Å². The number of nitrogens with zero attached hydrogens (tertiary/aromatic N) is 4. The zero-order valence-electron chi connectivity index (χ0n) is 18.0. The number of carbonyl (C=O) groups is 2. The number of thioether (sulfide) groups is 1. The van der Waals surface area contributed by atoms with E-state index in [9.17, 15) is 9.59 Å². The number of methoxy groups -OCH3 is 1. The van der Waals surface area contributed by atoms with Gasteiger partial charge in [-0.25, -0.2) is 0 Å². The number of aromatic nitrogens is 3. The van der Waals surface area contributed by atoms with Gasteiger partial charge in [0.2, 0.25) is 11.8 Å². The highest BCUT2D eigenvalue weighted by Crippen LogP contribution is 2.23. The summed E-state index contributed by atoms with van der Waals surface area (Å²) in [6.45, 7) is 1.76. The summed E-state index contributed by atoms with van der Waals surface area (Å²) in [5.74, 6) is 3.57. The number of rotatable bonds is 8. The first-order chi connectivity index (χ1) is 15.4. The summed E-state index contributed by atoms with van der Waals surface area (Å²) in [6.07, 6.45) is 5.38. The van der Waals surface area contributed by atoms with Crippen molar-refractivity contribution in [3.05, 3.63) is 59.9 Å². The molecule has 1 heterocycles. The second-order valence-corrected chi connectivity index (χ2v) is 7.82. The van der Waals surface area contributed by atoms with E-state index in [1.807, 2.05) is 35.8 Å². The molecule has 0 fully saturated rings. The molecule has 3 aromatic rings. The minimum atomic E-state index is -0.308. The van der Waals surface area contributed by atoms with E-state index >= 15 is 0 Å². The van der Waals surface area contributed by atoms with Crippen LogP contribution in [0.1, 0.15) is 11.4 Å². The first-order valence-corrected chi connectivity index (χ1v) is 10.7. The molecule has 3 rings (SSSR count). The molecule has 0 aliphatic rings. The molecule has 2 aromatic carbocycles. The van der Waals surface area contributed by atoms with Crippen molar-refractivity contribution in [3.8, 4) is 23.8 Å². The Hall–Kier alpha value is -3.77. The van der Waals surface area contributed by atoms with E-state index in [1.54, 1.807) is 38.4 Å². The molecule has 9 heteroatoms. The number of hydrogen-bond donors (Lipinski definition) is 1. The topological polar surface area (TPSA) is 89.4 Å². The molecular formula is C23H23N5O3S. The molecule has 0 aliphatic carbocycles. The van der Waals surface area contributed by atoms with Crippen molar-refractivity contribution in [3.63, 3.8) is 0 Å². The maximum Gasteiger partial charge on any atom is 0.243 e. The summed E-state index contributed by atoms with van der Waals surface area (Å²) < 4.78 is 7.06. The standard InChI is InChI=1S/C23H23N5O3S/c1-5-17-7-6-8-18(13-17)24-21(29)14-27(3)22(30)15-32-23-26-25-16(2)28(23)19-9-11-20(31-4)12-10-19/h1,6-13H,14-15H2,2-4H3,(H,24,29). The van der Waals surface area contributed by atoms with Gasteiger partial charge in [0.1, 0.15) is 11.6 Å². The second-order valence-electron chi connectivity index (χ2n) is 6.88. The molecule has 1 aromatic heterocycles. The largest absolute Gasteiger partial charge is 0.497 e. The van der Waals surface area contributed by atoms with Gasteiger partial charge < -0.3 is 15.0 Å². The van der Waals surface area contributed by atoms with Gasteiger partial charge >= 0.3 is 0 Å². The lowest BCUT2D eigenvalue weighted by Gasteiger charge is -2.17. The third-order valence-corrected chi connectivity index (χ3v) is 5.48. The molecular weight excluding hydrogens is 426 g/mol. The normalized spacial score (nSPS) is 10.3. The van der Waals surface area contributed by atoms with Crippen LogP contribution in [0.5, 0.6) is 5.75 Å². The van der Waals surface area contributed by atoms with Crippen molar-refractivity contribution in [1.82, 2.24) is 19.7 Å². The van der Waals surface area contributed by atoms with Gasteiger partial charge in [0, 0.05) is 24.0 Å². The van der Waals surface area contributed by atoms with Gasteiger partial charge in [-0.15, -0.1) is 16.6 Å². The monoisotopic (exact) mass is 449 g/mol. The first-order valence-electron chi connectivity index (χ1n) is 9.71. The maximum absolute atomic E-state index is 12.6. The SMILES string of the molecule is C#Cc1cccc(NC(=O)CN(C)C(=O)CSc2nnc(C)n2-c2ccc(OC)cc2)c1. The summed E-state index contributed by atoms with van der Waals surface area (Å²) in [7, 11) is 3.19. The number of nitrogens with one attached hydrogen (secondary N) is 1. The summed E-state index contributed by atoms with van der Waals surface area (Å²) in [5.41, 5.74) is 2.12. The minimum absolute atomic E-state index is 0.0795. The average molecular weight is 450 g/mol. The molecule has 0 spiro atoms. The fraction of sp³-hybridized carbons (Fsp3) is 0.217. The van der Waals surface area contributed by atoms with Crippen LogP contribution in [-0.2, 0) is 9.59 Å². The Balaban J connectivity index is 1.58. The van der Waals surface area contributed by atoms with Crippen molar-refractivity contribution in [2.24, 2.45) is 0 Å². The van der Waals surface area contributed by atoms with E-state index in [0.29, 0.717) is 22.2 Å². The van der Waals surface area contributed by atoms with Crippen LogP contribution >= 0.6 is 11.8 Å². The smallest absolute Gasteiger partial charge is 0.243 e. The van der Waals surface area contributed by atoms with Gasteiger partial charge in [0.15, 0.2) is 5.16 Å².